The van der Waals surface area contributed by atoms with Crippen LogP contribution in [0.3, 0.4) is 0 Å². The maximum atomic E-state index is 3.96. The van der Waals surface area contributed by atoms with Crippen molar-refractivity contribution in [2.45, 2.75) is 40.5 Å². The minimum atomic E-state index is 1.07. The zero-order chi connectivity index (χ0) is 7.54. The van der Waals surface area contributed by atoms with Crippen LogP contribution in [0.4, 0.5) is 0 Å². The van der Waals surface area contributed by atoms with Crippen molar-refractivity contribution in [3.8, 4) is 0 Å². The van der Waals surface area contributed by atoms with Gasteiger partial charge in [0.05, 0.1) is 0 Å². The van der Waals surface area contributed by atoms with E-state index in [4.69, 9.17) is 0 Å². The Morgan fingerprint density at radius 1 is 1.11 bits per heavy atom. The molecule has 0 bridgehead atoms. The number of hydrogen-bond acceptors (Lipinski definition) is 1. The van der Waals surface area contributed by atoms with Gasteiger partial charge in [0.2, 0.25) is 0 Å². The summed E-state index contributed by atoms with van der Waals surface area (Å²) in [6, 6.07) is 0. The highest BCUT2D eigenvalue weighted by molar-refractivity contribution is 5.58. The summed E-state index contributed by atoms with van der Waals surface area (Å²) in [7, 11) is 0. The lowest BCUT2D eigenvalue weighted by atomic mass is 10.4. The molecule has 0 aromatic heterocycles. The van der Waals surface area contributed by atoms with E-state index in [0.29, 0.717) is 0 Å². The van der Waals surface area contributed by atoms with Crippen LogP contribution in [0.15, 0.2) is 4.99 Å². The van der Waals surface area contributed by atoms with E-state index in [1.165, 1.54) is 12.8 Å². The highest BCUT2D eigenvalue weighted by Gasteiger charge is 1.85. The molecule has 1 nitrogen and oxygen atoms in total. The first kappa shape index (κ1) is 11.5. The van der Waals surface area contributed by atoms with Gasteiger partial charge in [-0.15, -0.1) is 0 Å². The van der Waals surface area contributed by atoms with Gasteiger partial charge in [0.15, 0.2) is 0 Å². The molecular weight excluding hydrogens is 110 g/mol. The molecule has 0 saturated heterocycles. The summed E-state index contributed by atoms with van der Waals surface area (Å²) in [5.74, 6) is 0. The Bertz CT molecular complexity index is 42.5. The lowest BCUT2D eigenvalue weighted by molar-refractivity contribution is 0.952. The van der Waals surface area contributed by atoms with E-state index in [2.05, 4.69) is 4.99 Å². The van der Waals surface area contributed by atoms with Gasteiger partial charge in [0.1, 0.15) is 0 Å². The molecular formula is C8H19N. The second-order valence-electron chi connectivity index (χ2n) is 1.23. The van der Waals surface area contributed by atoms with Crippen LogP contribution in [-0.2, 0) is 0 Å². The number of aliphatic imine (C=N–C) groups is 1. The van der Waals surface area contributed by atoms with Crippen molar-refractivity contribution in [3.63, 3.8) is 0 Å². The summed E-state index contributed by atoms with van der Waals surface area (Å²) in [6.07, 6.45) is 4.47. The molecule has 1 heterocycles. The Morgan fingerprint density at radius 2 is 1.67 bits per heavy atom. The van der Waals surface area contributed by atoms with Crippen molar-refractivity contribution in [2.24, 2.45) is 4.99 Å². The standard InChI is InChI=1S/C4H7N.2C2H6/c1-2-4-5-3-1;2*1-2/h3H,1-2,4H2;2*1-2H3. The van der Waals surface area contributed by atoms with Gasteiger partial charge < -0.3 is 0 Å². The van der Waals surface area contributed by atoms with Crippen LogP contribution in [0.5, 0.6) is 0 Å². The summed E-state index contributed by atoms with van der Waals surface area (Å²) in [4.78, 5) is 3.96. The SMILES string of the molecule is C1=NCCC1.CC.CC. The van der Waals surface area contributed by atoms with Crippen molar-refractivity contribution >= 4 is 6.21 Å². The van der Waals surface area contributed by atoms with E-state index in [1.54, 1.807) is 0 Å². The van der Waals surface area contributed by atoms with E-state index in [1.807, 2.05) is 33.9 Å². The summed E-state index contributed by atoms with van der Waals surface area (Å²) >= 11 is 0. The van der Waals surface area contributed by atoms with Crippen molar-refractivity contribution in [3.05, 3.63) is 0 Å². The van der Waals surface area contributed by atoms with E-state index in [9.17, 15) is 0 Å². The van der Waals surface area contributed by atoms with Crippen molar-refractivity contribution in [1.82, 2.24) is 0 Å². The number of rotatable bonds is 0. The zero-order valence-electron chi connectivity index (χ0n) is 7.15. The minimum Gasteiger partial charge on any atom is -0.298 e. The smallest absolute Gasteiger partial charge is 0.0388 e. The maximum Gasteiger partial charge on any atom is 0.0388 e. The molecule has 9 heavy (non-hydrogen) atoms. The molecule has 0 aliphatic carbocycles. The monoisotopic (exact) mass is 129 g/mol. The molecule has 1 aliphatic rings. The summed E-state index contributed by atoms with van der Waals surface area (Å²) < 4.78 is 0. The average Bonchev–Trinajstić information content (AvgIpc) is 2.51. The first-order chi connectivity index (χ1) is 4.50. The third-order valence-electron chi connectivity index (χ3n) is 0.750. The van der Waals surface area contributed by atoms with Crippen LogP contribution in [0.1, 0.15) is 40.5 Å². The van der Waals surface area contributed by atoms with E-state index in [0.717, 1.165) is 6.54 Å². The predicted octanol–water partition coefficient (Wildman–Crippen LogP) is 2.90. The Hall–Kier alpha value is -0.330. The summed E-state index contributed by atoms with van der Waals surface area (Å²) in [6.45, 7) is 9.07. The molecule has 1 rings (SSSR count). The second-order valence-corrected chi connectivity index (χ2v) is 1.23. The maximum absolute atomic E-state index is 3.96. The van der Waals surface area contributed by atoms with Gasteiger partial charge >= 0.3 is 0 Å². The Labute approximate surface area is 59.2 Å². The van der Waals surface area contributed by atoms with Crippen LogP contribution >= 0.6 is 0 Å². The first-order valence-corrected chi connectivity index (χ1v) is 3.98. The molecule has 1 heteroatoms. The zero-order valence-corrected chi connectivity index (χ0v) is 7.15. The first-order valence-electron chi connectivity index (χ1n) is 3.98. The molecule has 56 valence electrons. The third-order valence-corrected chi connectivity index (χ3v) is 0.750. The molecule has 0 aromatic rings. The quantitative estimate of drug-likeness (QED) is 0.477. The van der Waals surface area contributed by atoms with Gasteiger partial charge in [0.25, 0.3) is 0 Å². The molecule has 0 spiro atoms. The van der Waals surface area contributed by atoms with Crippen molar-refractivity contribution < 1.29 is 0 Å². The molecule has 0 saturated carbocycles. The average molecular weight is 129 g/mol. The number of nitrogens with zero attached hydrogens (tertiary/aromatic N) is 1. The van der Waals surface area contributed by atoms with Crippen LogP contribution in [0.25, 0.3) is 0 Å². The van der Waals surface area contributed by atoms with Crippen LogP contribution < -0.4 is 0 Å². The van der Waals surface area contributed by atoms with Crippen molar-refractivity contribution in [1.29, 1.82) is 0 Å². The molecule has 0 radical (unpaired) electrons. The molecule has 0 atom stereocenters. The summed E-state index contributed by atoms with van der Waals surface area (Å²) in [5.41, 5.74) is 0. The Balaban J connectivity index is 0. The Morgan fingerprint density at radius 3 is 1.78 bits per heavy atom. The third kappa shape index (κ3) is 11.3. The van der Waals surface area contributed by atoms with Crippen LogP contribution in [0, 0.1) is 0 Å². The van der Waals surface area contributed by atoms with Crippen LogP contribution in [-0.4, -0.2) is 12.8 Å². The second kappa shape index (κ2) is 15.6. The van der Waals surface area contributed by atoms with Gasteiger partial charge in [0, 0.05) is 6.54 Å². The Kier molecular flexibility index (Phi) is 19.9. The topological polar surface area (TPSA) is 12.4 Å². The predicted molar refractivity (Wildman–Crippen MR) is 45.3 cm³/mol. The highest BCUT2D eigenvalue weighted by Crippen LogP contribution is 1.92. The van der Waals surface area contributed by atoms with Gasteiger partial charge in [-0.25, -0.2) is 0 Å². The molecule has 0 amide bonds. The normalized spacial score (nSPS) is 12.9. The fourth-order valence-electron chi connectivity index (χ4n) is 0.456. The minimum absolute atomic E-state index is 1.07. The molecule has 1 aliphatic heterocycles. The van der Waals surface area contributed by atoms with Gasteiger partial charge in [-0.1, -0.05) is 27.7 Å². The van der Waals surface area contributed by atoms with E-state index < -0.39 is 0 Å². The molecule has 0 aromatic carbocycles. The fourth-order valence-corrected chi connectivity index (χ4v) is 0.456. The lowest BCUT2D eigenvalue weighted by Gasteiger charge is -1.67. The van der Waals surface area contributed by atoms with Gasteiger partial charge in [-0.3, -0.25) is 4.99 Å². The largest absolute Gasteiger partial charge is 0.298 e. The van der Waals surface area contributed by atoms with E-state index in [-0.39, 0.29) is 0 Å². The highest BCUT2D eigenvalue weighted by atomic mass is 14.7. The lowest BCUT2D eigenvalue weighted by Crippen LogP contribution is -1.62. The fraction of sp³-hybridized carbons (Fsp3) is 0.875. The number of hydrogen-bond donors (Lipinski definition) is 0. The van der Waals surface area contributed by atoms with Crippen LogP contribution in [0.2, 0.25) is 0 Å². The molecule has 0 unspecified atom stereocenters. The van der Waals surface area contributed by atoms with Gasteiger partial charge in [-0.05, 0) is 19.1 Å². The van der Waals surface area contributed by atoms with E-state index >= 15 is 0 Å². The van der Waals surface area contributed by atoms with Crippen molar-refractivity contribution in [2.75, 3.05) is 6.54 Å². The van der Waals surface area contributed by atoms with Gasteiger partial charge in [-0.2, -0.15) is 0 Å². The molecule has 0 fully saturated rings. The molecule has 0 N–H and O–H groups in total. The summed E-state index contributed by atoms with van der Waals surface area (Å²) in [5, 5.41) is 0.